The first-order valence-electron chi connectivity index (χ1n) is 9.32. The number of methoxy groups -OCH3 is 1. The number of ether oxygens (including phenoxy) is 1. The van der Waals surface area contributed by atoms with Gasteiger partial charge in [0.25, 0.3) is 0 Å². The third-order valence-corrected chi connectivity index (χ3v) is 6.70. The van der Waals surface area contributed by atoms with Crippen LogP contribution in [0.15, 0.2) is 66.9 Å². The van der Waals surface area contributed by atoms with Gasteiger partial charge in [-0.3, -0.25) is 9.51 Å². The maximum Gasteiger partial charge on any atom is 0.325 e. The van der Waals surface area contributed by atoms with Crippen molar-refractivity contribution >= 4 is 18.5 Å². The fourth-order valence-electron chi connectivity index (χ4n) is 3.67. The van der Waals surface area contributed by atoms with Gasteiger partial charge < -0.3 is 14.2 Å². The van der Waals surface area contributed by atoms with E-state index < -0.39 is 12.8 Å². The molecule has 1 aromatic heterocycles. The summed E-state index contributed by atoms with van der Waals surface area (Å²) in [5.41, 5.74) is 5.35. The Kier molecular flexibility index (Phi) is 5.81. The summed E-state index contributed by atoms with van der Waals surface area (Å²) in [6, 6.07) is 20.0. The van der Waals surface area contributed by atoms with Crippen molar-refractivity contribution < 1.29 is 18.7 Å². The molecular formula is C22H22NO4PS. The van der Waals surface area contributed by atoms with Crippen LogP contribution in [0.1, 0.15) is 35.8 Å². The van der Waals surface area contributed by atoms with E-state index >= 15 is 0 Å². The Morgan fingerprint density at radius 3 is 2.31 bits per heavy atom. The largest absolute Gasteiger partial charge is 0.497 e. The highest BCUT2D eigenvalue weighted by Gasteiger charge is 2.31. The van der Waals surface area contributed by atoms with Crippen LogP contribution in [-0.2, 0) is 20.9 Å². The second-order valence-corrected chi connectivity index (χ2v) is 9.65. The van der Waals surface area contributed by atoms with E-state index in [1.54, 1.807) is 32.4 Å². The minimum atomic E-state index is -3.46. The maximum absolute atomic E-state index is 10.7. The minimum Gasteiger partial charge on any atom is -0.497 e. The molecule has 1 heterocycles. The van der Waals surface area contributed by atoms with Gasteiger partial charge in [0, 0.05) is 18.2 Å². The predicted octanol–water partition coefficient (Wildman–Crippen LogP) is 5.21. The van der Waals surface area contributed by atoms with E-state index in [-0.39, 0.29) is 12.5 Å². The zero-order valence-corrected chi connectivity index (χ0v) is 17.9. The summed E-state index contributed by atoms with van der Waals surface area (Å²) in [7, 11) is 1.58. The smallest absolute Gasteiger partial charge is 0.325 e. The number of hydrogen-bond donors (Lipinski definition) is 1. The molecule has 150 valence electrons. The topological polar surface area (TPSA) is 60.8 Å². The molecule has 0 radical (unpaired) electrons. The molecule has 2 atom stereocenters. The number of nitrogens with zero attached hydrogens (tertiary/aromatic N) is 1. The van der Waals surface area contributed by atoms with E-state index in [0.29, 0.717) is 11.4 Å². The third kappa shape index (κ3) is 4.27. The van der Waals surface area contributed by atoms with E-state index in [2.05, 4.69) is 29.2 Å². The molecule has 1 aliphatic carbocycles. The lowest BCUT2D eigenvalue weighted by Crippen LogP contribution is -2.08. The van der Waals surface area contributed by atoms with Crippen LogP contribution in [0.2, 0.25) is 0 Å². The van der Waals surface area contributed by atoms with E-state index in [1.807, 2.05) is 24.3 Å². The second kappa shape index (κ2) is 8.34. The number of fused-ring (bicyclic) bond motifs is 3. The normalized spacial score (nSPS) is 16.0. The fraction of sp³-hybridized carbons (Fsp3) is 0.227. The molecule has 0 saturated carbocycles. The molecular weight excluding hydrogens is 405 g/mol. The molecule has 1 N–H and O–H groups in total. The lowest BCUT2D eigenvalue weighted by Gasteiger charge is -2.22. The molecule has 0 aliphatic heterocycles. The molecule has 0 fully saturated rings. The summed E-state index contributed by atoms with van der Waals surface area (Å²) in [6.45, 7) is -1.43. The van der Waals surface area contributed by atoms with Gasteiger partial charge in [-0.1, -0.05) is 48.5 Å². The van der Waals surface area contributed by atoms with Crippen molar-refractivity contribution in [3.63, 3.8) is 0 Å². The summed E-state index contributed by atoms with van der Waals surface area (Å²) in [6.07, 6.45) is 1.10. The maximum atomic E-state index is 10.7. The van der Waals surface area contributed by atoms with E-state index in [9.17, 15) is 4.89 Å². The van der Waals surface area contributed by atoms with Crippen molar-refractivity contribution in [2.45, 2.75) is 18.9 Å². The zero-order chi connectivity index (χ0) is 20.4. The standard InChI is InChI=1S/C22H22NO4PS/c1-15(22-13-16(25-2)11-12-23-22)27-28(24,29)26-14-21-19-9-5-3-7-17(19)18-8-4-6-10-20(18)21/h3-13,15,21H,14H2,1-2H3,(H,24,29)/t15-,28-/m1/s1. The quantitative estimate of drug-likeness (QED) is 0.522. The van der Waals surface area contributed by atoms with Gasteiger partial charge in [-0.15, -0.1) is 0 Å². The summed E-state index contributed by atoms with van der Waals surface area (Å²) >= 11 is 5.28. The van der Waals surface area contributed by atoms with Crippen LogP contribution in [-0.4, -0.2) is 23.6 Å². The molecule has 0 spiro atoms. The summed E-state index contributed by atoms with van der Waals surface area (Å²) in [5.74, 6) is 0.669. The van der Waals surface area contributed by atoms with E-state index in [1.165, 1.54) is 22.3 Å². The molecule has 1 aliphatic rings. The van der Waals surface area contributed by atoms with Gasteiger partial charge in [-0.2, -0.15) is 0 Å². The first kappa shape index (κ1) is 20.2. The van der Waals surface area contributed by atoms with Crippen molar-refractivity contribution in [1.82, 2.24) is 4.98 Å². The van der Waals surface area contributed by atoms with Crippen molar-refractivity contribution in [3.8, 4) is 16.9 Å². The molecule has 4 rings (SSSR count). The average Bonchev–Trinajstić information content (AvgIpc) is 3.06. The summed E-state index contributed by atoms with van der Waals surface area (Å²) < 4.78 is 16.7. The Labute approximate surface area is 175 Å². The molecule has 7 heteroatoms. The van der Waals surface area contributed by atoms with Crippen LogP contribution >= 0.6 is 6.72 Å². The van der Waals surface area contributed by atoms with Gasteiger partial charge in [-0.25, -0.2) is 0 Å². The Morgan fingerprint density at radius 1 is 1.07 bits per heavy atom. The van der Waals surface area contributed by atoms with Crippen LogP contribution in [0.25, 0.3) is 11.1 Å². The molecule has 29 heavy (non-hydrogen) atoms. The molecule has 3 aromatic rings. The number of aromatic nitrogens is 1. The van der Waals surface area contributed by atoms with Crippen molar-refractivity contribution in [2.75, 3.05) is 13.7 Å². The zero-order valence-electron chi connectivity index (χ0n) is 16.2. The Bertz CT molecular complexity index is 1030. The van der Waals surface area contributed by atoms with Gasteiger partial charge in [0.15, 0.2) is 0 Å². The van der Waals surface area contributed by atoms with E-state index in [4.69, 9.17) is 25.6 Å². The Hall–Kier alpha value is -2.08. The van der Waals surface area contributed by atoms with E-state index in [0.717, 1.165) is 0 Å². The number of pyridine rings is 1. The fourth-order valence-corrected chi connectivity index (χ4v) is 5.15. The lowest BCUT2D eigenvalue weighted by molar-refractivity contribution is 0.147. The molecule has 0 saturated heterocycles. The first-order valence-corrected chi connectivity index (χ1v) is 11.9. The van der Waals surface area contributed by atoms with Crippen LogP contribution in [0.4, 0.5) is 0 Å². The SMILES string of the molecule is COc1ccnc([C@@H](C)O[P@](O)(=S)OCC2c3ccccc3-c3ccccc32)c1. The highest BCUT2D eigenvalue weighted by molar-refractivity contribution is 8.07. The predicted molar refractivity (Wildman–Crippen MR) is 116 cm³/mol. The Morgan fingerprint density at radius 2 is 1.69 bits per heavy atom. The summed E-state index contributed by atoms with van der Waals surface area (Å²) in [4.78, 5) is 14.9. The van der Waals surface area contributed by atoms with Crippen molar-refractivity contribution in [2.24, 2.45) is 0 Å². The van der Waals surface area contributed by atoms with Crippen molar-refractivity contribution in [3.05, 3.63) is 83.7 Å². The van der Waals surface area contributed by atoms with Gasteiger partial charge >= 0.3 is 6.72 Å². The molecule has 2 aromatic carbocycles. The molecule has 0 amide bonds. The van der Waals surface area contributed by atoms with Crippen LogP contribution in [0.5, 0.6) is 5.75 Å². The third-order valence-electron chi connectivity index (χ3n) is 5.06. The van der Waals surface area contributed by atoms with Crippen LogP contribution in [0, 0.1) is 0 Å². The average molecular weight is 427 g/mol. The highest BCUT2D eigenvalue weighted by Crippen LogP contribution is 2.51. The van der Waals surface area contributed by atoms with Crippen LogP contribution in [0.3, 0.4) is 0 Å². The first-order chi connectivity index (χ1) is 14.0. The Balaban J connectivity index is 1.49. The van der Waals surface area contributed by atoms with Gasteiger partial charge in [-0.05, 0) is 47.1 Å². The molecule has 0 unspecified atom stereocenters. The highest BCUT2D eigenvalue weighted by atomic mass is 32.5. The van der Waals surface area contributed by atoms with Gasteiger partial charge in [0.1, 0.15) is 11.9 Å². The van der Waals surface area contributed by atoms with Gasteiger partial charge in [0.05, 0.1) is 19.4 Å². The number of benzene rings is 2. The van der Waals surface area contributed by atoms with Crippen LogP contribution < -0.4 is 4.74 Å². The minimum absolute atomic E-state index is 0.00530. The number of hydrogen-bond acceptors (Lipinski definition) is 5. The molecule has 5 nitrogen and oxygen atoms in total. The monoisotopic (exact) mass is 427 g/mol. The summed E-state index contributed by atoms with van der Waals surface area (Å²) in [5, 5.41) is 0. The van der Waals surface area contributed by atoms with Gasteiger partial charge in [0.2, 0.25) is 0 Å². The second-order valence-electron chi connectivity index (χ2n) is 6.86. The lowest BCUT2D eigenvalue weighted by atomic mass is 9.98. The number of rotatable bonds is 7. The van der Waals surface area contributed by atoms with Crippen molar-refractivity contribution in [1.29, 1.82) is 0 Å². The molecule has 0 bridgehead atoms.